The number of carbonyl (C=O) groups excluding carboxylic acids is 1. The van der Waals surface area contributed by atoms with Crippen molar-refractivity contribution < 1.29 is 24.2 Å². The van der Waals surface area contributed by atoms with Gasteiger partial charge in [0.05, 0.1) is 41.4 Å². The summed E-state index contributed by atoms with van der Waals surface area (Å²) in [4.78, 5) is 28.5. The maximum absolute atomic E-state index is 12.6. The number of amides is 1. The highest BCUT2D eigenvalue weighted by Gasteiger charge is 2.55. The molecule has 7 nitrogen and oxygen atoms in total. The van der Waals surface area contributed by atoms with Gasteiger partial charge >= 0.3 is 5.97 Å². The summed E-state index contributed by atoms with van der Waals surface area (Å²) in [6.45, 7) is 0. The Balaban J connectivity index is 1.56. The van der Waals surface area contributed by atoms with Crippen LogP contribution in [0.15, 0.2) is 18.2 Å². The Kier molecular flexibility index (Phi) is 3.65. The number of hydrogen-bond donors (Lipinski definition) is 2. The minimum atomic E-state index is -0.976. The third-order valence-electron chi connectivity index (χ3n) is 4.69. The number of carbonyl (C=O) groups is 2. The van der Waals surface area contributed by atoms with Gasteiger partial charge in [-0.2, -0.15) is 0 Å². The smallest absolute Gasteiger partial charge is 0.310 e. The SMILES string of the molecule is COc1ccc2nc(NC(=O)[C@H]3[C@@H](C(=O)O)[C@H]4CC[C@H]3O4)sc2c1. The standard InChI is InChI=1S/C16H16N2O5S/c1-22-7-2-3-8-11(6-7)24-16(17-8)18-14(19)12-9-4-5-10(23-9)13(12)15(20)21/h2-3,6,9-10,12-13H,4-5H2,1H3,(H,20,21)(H,17,18,19)/t9-,10-,12-,13+/m1/s1. The molecular weight excluding hydrogens is 332 g/mol. The van der Waals surface area contributed by atoms with E-state index in [-0.39, 0.29) is 18.1 Å². The molecule has 2 saturated heterocycles. The third-order valence-corrected chi connectivity index (χ3v) is 5.62. The van der Waals surface area contributed by atoms with E-state index in [0.717, 1.165) is 22.4 Å². The highest BCUT2D eigenvalue weighted by molar-refractivity contribution is 7.22. The molecule has 8 heteroatoms. The van der Waals surface area contributed by atoms with E-state index < -0.39 is 17.8 Å². The Bertz CT molecular complexity index is 820. The van der Waals surface area contributed by atoms with Gasteiger partial charge in [-0.15, -0.1) is 0 Å². The molecule has 2 aliphatic rings. The Labute approximate surface area is 141 Å². The predicted molar refractivity (Wildman–Crippen MR) is 87.3 cm³/mol. The van der Waals surface area contributed by atoms with E-state index in [0.29, 0.717) is 11.6 Å². The monoisotopic (exact) mass is 348 g/mol. The molecule has 4 atom stereocenters. The Morgan fingerprint density at radius 3 is 2.79 bits per heavy atom. The number of carboxylic acids is 1. The second-order valence-electron chi connectivity index (χ2n) is 6.02. The molecule has 1 aromatic carbocycles. The van der Waals surface area contributed by atoms with Gasteiger partial charge in [0, 0.05) is 0 Å². The Morgan fingerprint density at radius 2 is 2.08 bits per heavy atom. The molecule has 0 aliphatic carbocycles. The van der Waals surface area contributed by atoms with Gasteiger partial charge < -0.3 is 19.9 Å². The fraction of sp³-hybridized carbons (Fsp3) is 0.438. The lowest BCUT2D eigenvalue weighted by molar-refractivity contribution is -0.147. The number of aliphatic carboxylic acids is 1. The number of anilines is 1. The van der Waals surface area contributed by atoms with Crippen LogP contribution in [0.1, 0.15) is 12.8 Å². The number of thiazole rings is 1. The molecule has 0 radical (unpaired) electrons. The first-order valence-corrected chi connectivity index (χ1v) is 8.52. The van der Waals surface area contributed by atoms with Crippen molar-refractivity contribution in [1.82, 2.24) is 4.98 Å². The number of methoxy groups -OCH3 is 1. The van der Waals surface area contributed by atoms with Gasteiger partial charge in [-0.1, -0.05) is 11.3 Å². The van der Waals surface area contributed by atoms with E-state index in [1.54, 1.807) is 13.2 Å². The predicted octanol–water partition coefficient (Wildman–Crippen LogP) is 2.12. The Hall–Kier alpha value is -2.19. The summed E-state index contributed by atoms with van der Waals surface area (Å²) in [5.41, 5.74) is 0.759. The van der Waals surface area contributed by atoms with E-state index in [4.69, 9.17) is 9.47 Å². The molecule has 2 N–H and O–H groups in total. The second-order valence-corrected chi connectivity index (χ2v) is 7.05. The number of ether oxygens (including phenoxy) is 2. The summed E-state index contributed by atoms with van der Waals surface area (Å²) in [6.07, 6.45) is 0.754. The first-order valence-electron chi connectivity index (χ1n) is 7.70. The fourth-order valence-electron chi connectivity index (χ4n) is 3.60. The molecule has 1 aromatic heterocycles. The largest absolute Gasteiger partial charge is 0.497 e. The van der Waals surface area contributed by atoms with Crippen LogP contribution in [0, 0.1) is 11.8 Å². The molecule has 1 amide bonds. The number of nitrogens with zero attached hydrogens (tertiary/aromatic N) is 1. The third kappa shape index (κ3) is 2.42. The van der Waals surface area contributed by atoms with Crippen molar-refractivity contribution in [3.8, 4) is 5.75 Å². The fourth-order valence-corrected chi connectivity index (χ4v) is 4.50. The highest BCUT2D eigenvalue weighted by atomic mass is 32.1. The number of rotatable bonds is 4. The lowest BCUT2D eigenvalue weighted by Gasteiger charge is -2.23. The molecule has 0 unspecified atom stereocenters. The van der Waals surface area contributed by atoms with Crippen molar-refractivity contribution in [3.63, 3.8) is 0 Å². The molecule has 2 aliphatic heterocycles. The van der Waals surface area contributed by atoms with E-state index in [2.05, 4.69) is 10.3 Å². The van der Waals surface area contributed by atoms with E-state index in [1.165, 1.54) is 11.3 Å². The quantitative estimate of drug-likeness (QED) is 0.878. The van der Waals surface area contributed by atoms with Crippen LogP contribution in [-0.2, 0) is 14.3 Å². The van der Waals surface area contributed by atoms with Crippen molar-refractivity contribution in [2.75, 3.05) is 12.4 Å². The minimum absolute atomic E-state index is 0.314. The van der Waals surface area contributed by atoms with Gasteiger partial charge in [0.15, 0.2) is 5.13 Å². The summed E-state index contributed by atoms with van der Waals surface area (Å²) in [7, 11) is 1.59. The average molecular weight is 348 g/mol. The van der Waals surface area contributed by atoms with Crippen LogP contribution in [0.4, 0.5) is 5.13 Å². The summed E-state index contributed by atoms with van der Waals surface area (Å²) < 4.78 is 11.7. The minimum Gasteiger partial charge on any atom is -0.497 e. The molecule has 126 valence electrons. The van der Waals surface area contributed by atoms with Gasteiger partial charge in [0.2, 0.25) is 5.91 Å². The number of hydrogen-bond acceptors (Lipinski definition) is 6. The molecule has 24 heavy (non-hydrogen) atoms. The average Bonchev–Trinajstić information content (AvgIpc) is 3.26. The molecule has 0 saturated carbocycles. The number of benzene rings is 1. The first kappa shape index (κ1) is 15.3. The lowest BCUT2D eigenvalue weighted by atomic mass is 9.79. The molecule has 4 rings (SSSR count). The van der Waals surface area contributed by atoms with Crippen LogP contribution < -0.4 is 10.1 Å². The molecule has 3 heterocycles. The highest BCUT2D eigenvalue weighted by Crippen LogP contribution is 2.44. The van der Waals surface area contributed by atoms with Crippen LogP contribution in [0.3, 0.4) is 0 Å². The van der Waals surface area contributed by atoms with Crippen molar-refractivity contribution in [2.45, 2.75) is 25.0 Å². The molecule has 2 aromatic rings. The summed E-state index contributed by atoms with van der Waals surface area (Å²) in [5.74, 6) is -2.03. The van der Waals surface area contributed by atoms with Gasteiger partial charge in [-0.3, -0.25) is 9.59 Å². The van der Waals surface area contributed by atoms with Crippen LogP contribution in [-0.4, -0.2) is 41.3 Å². The maximum atomic E-state index is 12.6. The Morgan fingerprint density at radius 1 is 1.33 bits per heavy atom. The number of fused-ring (bicyclic) bond motifs is 3. The summed E-state index contributed by atoms with van der Waals surface area (Å²) in [6, 6.07) is 5.47. The van der Waals surface area contributed by atoms with E-state index >= 15 is 0 Å². The summed E-state index contributed by atoms with van der Waals surface area (Å²) in [5, 5.41) is 12.6. The number of aromatic nitrogens is 1. The number of carboxylic acid groups (broad SMARTS) is 1. The second kappa shape index (κ2) is 5.71. The number of nitrogens with one attached hydrogen (secondary N) is 1. The van der Waals surface area contributed by atoms with Crippen molar-refractivity contribution >= 4 is 38.6 Å². The van der Waals surface area contributed by atoms with Crippen LogP contribution in [0.5, 0.6) is 5.75 Å². The maximum Gasteiger partial charge on any atom is 0.310 e. The molecule has 0 spiro atoms. The van der Waals surface area contributed by atoms with E-state index in [1.807, 2.05) is 12.1 Å². The van der Waals surface area contributed by atoms with Crippen LogP contribution >= 0.6 is 11.3 Å². The molecule has 2 fully saturated rings. The normalized spacial score (nSPS) is 28.2. The lowest BCUT2D eigenvalue weighted by Crippen LogP contribution is -2.40. The topological polar surface area (TPSA) is 97.8 Å². The van der Waals surface area contributed by atoms with Crippen molar-refractivity contribution in [2.24, 2.45) is 11.8 Å². The molecule has 2 bridgehead atoms. The van der Waals surface area contributed by atoms with Crippen LogP contribution in [0.25, 0.3) is 10.2 Å². The van der Waals surface area contributed by atoms with Crippen LogP contribution in [0.2, 0.25) is 0 Å². The zero-order valence-corrected chi connectivity index (χ0v) is 13.7. The van der Waals surface area contributed by atoms with Gasteiger partial charge in [-0.05, 0) is 31.0 Å². The van der Waals surface area contributed by atoms with Gasteiger partial charge in [-0.25, -0.2) is 4.98 Å². The molecular formula is C16H16N2O5S. The van der Waals surface area contributed by atoms with Crippen molar-refractivity contribution in [3.05, 3.63) is 18.2 Å². The van der Waals surface area contributed by atoms with E-state index in [9.17, 15) is 14.7 Å². The zero-order chi connectivity index (χ0) is 16.8. The summed E-state index contributed by atoms with van der Waals surface area (Å²) >= 11 is 1.33. The zero-order valence-electron chi connectivity index (χ0n) is 12.9. The van der Waals surface area contributed by atoms with Gasteiger partial charge in [0.25, 0.3) is 0 Å². The first-order chi connectivity index (χ1) is 11.6. The van der Waals surface area contributed by atoms with Gasteiger partial charge in [0.1, 0.15) is 5.75 Å². The van der Waals surface area contributed by atoms with Crippen molar-refractivity contribution in [1.29, 1.82) is 0 Å².